The number of rotatable bonds is 4. The Balaban J connectivity index is 1.68. The molecule has 0 atom stereocenters. The average molecular weight is 375 g/mol. The lowest BCUT2D eigenvalue weighted by molar-refractivity contribution is -0.136. The molecule has 0 unspecified atom stereocenters. The summed E-state index contributed by atoms with van der Waals surface area (Å²) < 4.78 is 4.06. The molecule has 3 heterocycles. The van der Waals surface area contributed by atoms with Gasteiger partial charge in [-0.2, -0.15) is 5.10 Å². The normalized spacial score (nSPS) is 17.7. The zero-order valence-corrected chi connectivity index (χ0v) is 16.6. The van der Waals surface area contributed by atoms with Crippen LogP contribution in [0.25, 0.3) is 11.5 Å². The molecule has 1 aliphatic carbocycles. The van der Waals surface area contributed by atoms with Gasteiger partial charge >= 0.3 is 0 Å². The molecule has 2 aromatic rings. The first kappa shape index (κ1) is 17.6. The predicted molar refractivity (Wildman–Crippen MR) is 101 cm³/mol. The SMILES string of the molecule is CCn1c(SC)nnc1-c1nn(C)c2c1CN(C(=O)C1CCCC1)CC2. The van der Waals surface area contributed by atoms with E-state index in [1.807, 2.05) is 22.9 Å². The molecule has 0 bridgehead atoms. The fraction of sp³-hybridized carbons (Fsp3) is 0.667. The van der Waals surface area contributed by atoms with Gasteiger partial charge in [0, 0.05) is 50.3 Å². The molecule has 0 spiro atoms. The summed E-state index contributed by atoms with van der Waals surface area (Å²) in [4.78, 5) is 14.9. The van der Waals surface area contributed by atoms with Gasteiger partial charge in [-0.25, -0.2) is 0 Å². The Morgan fingerprint density at radius 1 is 1.27 bits per heavy atom. The Hall–Kier alpha value is -1.83. The highest BCUT2D eigenvalue weighted by Crippen LogP contribution is 2.33. The highest BCUT2D eigenvalue weighted by Gasteiger charge is 2.33. The molecule has 1 fully saturated rings. The van der Waals surface area contributed by atoms with E-state index in [0.717, 1.165) is 54.6 Å². The fourth-order valence-electron chi connectivity index (χ4n) is 4.29. The Bertz CT molecular complexity index is 820. The first-order valence-corrected chi connectivity index (χ1v) is 10.7. The van der Waals surface area contributed by atoms with Crippen LogP contribution in [0.15, 0.2) is 5.16 Å². The molecule has 140 valence electrons. The molecule has 1 aliphatic heterocycles. The van der Waals surface area contributed by atoms with Gasteiger partial charge in [0.1, 0.15) is 5.69 Å². The zero-order chi connectivity index (χ0) is 18.3. The molecule has 4 rings (SSSR count). The number of carbonyl (C=O) groups excluding carboxylic acids is 1. The van der Waals surface area contributed by atoms with Crippen molar-refractivity contribution in [3.63, 3.8) is 0 Å². The molecular weight excluding hydrogens is 348 g/mol. The summed E-state index contributed by atoms with van der Waals surface area (Å²) in [6, 6.07) is 0. The third-order valence-corrected chi connectivity index (χ3v) is 6.35. The highest BCUT2D eigenvalue weighted by molar-refractivity contribution is 7.98. The monoisotopic (exact) mass is 374 g/mol. The summed E-state index contributed by atoms with van der Waals surface area (Å²) in [6.07, 6.45) is 7.32. The molecule has 0 saturated heterocycles. The fourth-order valence-corrected chi connectivity index (χ4v) is 4.85. The number of amides is 1. The van der Waals surface area contributed by atoms with E-state index in [4.69, 9.17) is 5.10 Å². The van der Waals surface area contributed by atoms with Crippen LogP contribution in [0, 0.1) is 5.92 Å². The molecule has 0 radical (unpaired) electrons. The summed E-state index contributed by atoms with van der Waals surface area (Å²) in [6.45, 7) is 4.32. The van der Waals surface area contributed by atoms with E-state index in [-0.39, 0.29) is 5.92 Å². The summed E-state index contributed by atoms with van der Waals surface area (Å²) in [5.74, 6) is 1.35. The Morgan fingerprint density at radius 2 is 2.04 bits per heavy atom. The third-order valence-electron chi connectivity index (χ3n) is 5.69. The first-order chi connectivity index (χ1) is 12.6. The second-order valence-corrected chi connectivity index (χ2v) is 7.92. The lowest BCUT2D eigenvalue weighted by Gasteiger charge is -2.29. The van der Waals surface area contributed by atoms with Crippen LogP contribution in [0.2, 0.25) is 0 Å². The van der Waals surface area contributed by atoms with Crippen LogP contribution >= 0.6 is 11.8 Å². The van der Waals surface area contributed by atoms with E-state index < -0.39 is 0 Å². The van der Waals surface area contributed by atoms with Crippen LogP contribution in [-0.4, -0.2) is 48.2 Å². The number of hydrogen-bond acceptors (Lipinski definition) is 5. The lowest BCUT2D eigenvalue weighted by Crippen LogP contribution is -2.39. The van der Waals surface area contributed by atoms with Crippen molar-refractivity contribution in [1.82, 2.24) is 29.4 Å². The van der Waals surface area contributed by atoms with E-state index in [0.29, 0.717) is 12.5 Å². The number of nitrogens with zero attached hydrogens (tertiary/aromatic N) is 6. The van der Waals surface area contributed by atoms with Gasteiger partial charge in [-0.1, -0.05) is 24.6 Å². The van der Waals surface area contributed by atoms with Crippen LogP contribution in [0.3, 0.4) is 0 Å². The minimum atomic E-state index is 0.221. The van der Waals surface area contributed by atoms with Crippen molar-refractivity contribution in [3.05, 3.63) is 11.3 Å². The Morgan fingerprint density at radius 3 is 2.73 bits per heavy atom. The van der Waals surface area contributed by atoms with Crippen LogP contribution < -0.4 is 0 Å². The standard InChI is InChI=1S/C18H26N6OS/c1-4-24-16(19-20-18(24)26-3)15-13-11-23(10-9-14(13)22(2)21-15)17(25)12-7-5-6-8-12/h12H,4-11H2,1-3H3. The molecule has 2 aromatic heterocycles. The van der Waals surface area contributed by atoms with Crippen molar-refractivity contribution in [2.45, 2.75) is 57.3 Å². The third kappa shape index (κ3) is 2.84. The van der Waals surface area contributed by atoms with Crippen LogP contribution in [0.1, 0.15) is 43.9 Å². The van der Waals surface area contributed by atoms with Crippen molar-refractivity contribution in [2.24, 2.45) is 13.0 Å². The molecule has 1 amide bonds. The van der Waals surface area contributed by atoms with Gasteiger partial charge in [-0.3, -0.25) is 9.48 Å². The Labute approximate surface area is 158 Å². The summed E-state index contributed by atoms with van der Waals surface area (Å²) in [5, 5.41) is 14.4. The van der Waals surface area contributed by atoms with Crippen molar-refractivity contribution in [1.29, 1.82) is 0 Å². The quantitative estimate of drug-likeness (QED) is 0.769. The second kappa shape index (κ2) is 7.06. The zero-order valence-electron chi connectivity index (χ0n) is 15.7. The smallest absolute Gasteiger partial charge is 0.225 e. The topological polar surface area (TPSA) is 68.8 Å². The van der Waals surface area contributed by atoms with E-state index in [1.54, 1.807) is 11.8 Å². The van der Waals surface area contributed by atoms with Crippen molar-refractivity contribution in [2.75, 3.05) is 12.8 Å². The number of fused-ring (bicyclic) bond motifs is 1. The summed E-state index contributed by atoms with van der Waals surface area (Å²) in [7, 11) is 1.99. The molecule has 0 N–H and O–H groups in total. The first-order valence-electron chi connectivity index (χ1n) is 9.45. The molecule has 26 heavy (non-hydrogen) atoms. The average Bonchev–Trinajstić information content (AvgIpc) is 3.39. The van der Waals surface area contributed by atoms with Crippen LogP contribution in [-0.2, 0) is 31.4 Å². The molecule has 7 nitrogen and oxygen atoms in total. The molecule has 0 aromatic carbocycles. The largest absolute Gasteiger partial charge is 0.338 e. The number of aromatic nitrogens is 5. The summed E-state index contributed by atoms with van der Waals surface area (Å²) >= 11 is 1.59. The Kier molecular flexibility index (Phi) is 4.77. The van der Waals surface area contributed by atoms with Gasteiger partial charge in [0.25, 0.3) is 0 Å². The van der Waals surface area contributed by atoms with Gasteiger partial charge < -0.3 is 9.47 Å². The lowest BCUT2D eigenvalue weighted by atomic mass is 10.0. The van der Waals surface area contributed by atoms with E-state index in [1.165, 1.54) is 18.5 Å². The number of aryl methyl sites for hydroxylation is 1. The second-order valence-electron chi connectivity index (χ2n) is 7.14. The van der Waals surface area contributed by atoms with Gasteiger partial charge in [0.05, 0.1) is 0 Å². The summed E-state index contributed by atoms with van der Waals surface area (Å²) in [5.41, 5.74) is 3.23. The van der Waals surface area contributed by atoms with E-state index >= 15 is 0 Å². The van der Waals surface area contributed by atoms with E-state index in [2.05, 4.69) is 21.7 Å². The van der Waals surface area contributed by atoms with Crippen molar-refractivity contribution in [3.8, 4) is 11.5 Å². The maximum Gasteiger partial charge on any atom is 0.225 e. The minimum Gasteiger partial charge on any atom is -0.338 e. The van der Waals surface area contributed by atoms with Crippen LogP contribution in [0.5, 0.6) is 0 Å². The molecule has 1 saturated carbocycles. The predicted octanol–water partition coefficient (Wildman–Crippen LogP) is 2.50. The van der Waals surface area contributed by atoms with Crippen molar-refractivity contribution < 1.29 is 4.79 Å². The number of hydrogen-bond donors (Lipinski definition) is 0. The maximum atomic E-state index is 12.9. The minimum absolute atomic E-state index is 0.221. The molecular formula is C18H26N6OS. The van der Waals surface area contributed by atoms with Gasteiger partial charge in [-0.15, -0.1) is 10.2 Å². The molecule has 2 aliphatic rings. The van der Waals surface area contributed by atoms with Gasteiger partial charge in [0.15, 0.2) is 11.0 Å². The van der Waals surface area contributed by atoms with E-state index in [9.17, 15) is 4.79 Å². The number of carbonyl (C=O) groups is 1. The maximum absolute atomic E-state index is 12.9. The molecule has 8 heteroatoms. The highest BCUT2D eigenvalue weighted by atomic mass is 32.2. The van der Waals surface area contributed by atoms with Crippen molar-refractivity contribution >= 4 is 17.7 Å². The van der Waals surface area contributed by atoms with Crippen LogP contribution in [0.4, 0.5) is 0 Å². The van der Waals surface area contributed by atoms with Gasteiger partial charge in [-0.05, 0) is 26.0 Å². The van der Waals surface area contributed by atoms with Gasteiger partial charge in [0.2, 0.25) is 5.91 Å². The number of thioether (sulfide) groups is 1.